The standard InChI is InChI=1S/C16H13F3O2/c1-11-2-6-13(7-3-11)15(20)10-12-4-8-14(9-5-12)21-16(17,18)19/h2-9H,10H2,1H3. The molecule has 2 aromatic carbocycles. The smallest absolute Gasteiger partial charge is 0.406 e. The minimum absolute atomic E-state index is 0.0838. The van der Waals surface area contributed by atoms with Crippen LogP contribution in [-0.2, 0) is 6.42 Å². The molecule has 0 saturated heterocycles. The van der Waals surface area contributed by atoms with E-state index in [2.05, 4.69) is 4.74 Å². The Balaban J connectivity index is 2.03. The average molecular weight is 294 g/mol. The number of alkyl halides is 3. The van der Waals surface area contributed by atoms with Crippen LogP contribution in [0.3, 0.4) is 0 Å². The lowest BCUT2D eigenvalue weighted by Crippen LogP contribution is -2.17. The molecule has 0 amide bonds. The van der Waals surface area contributed by atoms with Crippen molar-refractivity contribution in [3.05, 3.63) is 65.2 Å². The molecule has 0 bridgehead atoms. The van der Waals surface area contributed by atoms with Crippen molar-refractivity contribution in [3.8, 4) is 5.75 Å². The molecule has 0 heterocycles. The van der Waals surface area contributed by atoms with Gasteiger partial charge in [-0.05, 0) is 24.6 Å². The zero-order valence-corrected chi connectivity index (χ0v) is 11.3. The van der Waals surface area contributed by atoms with E-state index in [4.69, 9.17) is 0 Å². The largest absolute Gasteiger partial charge is 0.573 e. The summed E-state index contributed by atoms with van der Waals surface area (Å²) in [7, 11) is 0. The van der Waals surface area contributed by atoms with E-state index in [9.17, 15) is 18.0 Å². The third-order valence-electron chi connectivity index (χ3n) is 2.90. The predicted molar refractivity (Wildman–Crippen MR) is 72.3 cm³/mol. The highest BCUT2D eigenvalue weighted by atomic mass is 19.4. The number of hydrogen-bond acceptors (Lipinski definition) is 2. The lowest BCUT2D eigenvalue weighted by Gasteiger charge is -2.09. The Labute approximate surface area is 120 Å². The number of benzene rings is 2. The van der Waals surface area contributed by atoms with Crippen molar-refractivity contribution < 1.29 is 22.7 Å². The first kappa shape index (κ1) is 15.1. The normalized spacial score (nSPS) is 11.2. The van der Waals surface area contributed by atoms with E-state index in [-0.39, 0.29) is 18.0 Å². The van der Waals surface area contributed by atoms with E-state index in [1.54, 1.807) is 12.1 Å². The Morgan fingerprint density at radius 3 is 2.10 bits per heavy atom. The number of Topliss-reactive ketones (excluding diaryl/α,β-unsaturated/α-hetero) is 1. The number of halogens is 3. The average Bonchev–Trinajstić information content (AvgIpc) is 2.40. The molecule has 0 N–H and O–H groups in total. The molecule has 0 aliphatic carbocycles. The summed E-state index contributed by atoms with van der Waals surface area (Å²) in [6.07, 6.45) is -4.57. The van der Waals surface area contributed by atoms with Gasteiger partial charge >= 0.3 is 6.36 Å². The van der Waals surface area contributed by atoms with Gasteiger partial charge in [0.2, 0.25) is 0 Å². The van der Waals surface area contributed by atoms with Crippen LogP contribution in [-0.4, -0.2) is 12.1 Å². The maximum absolute atomic E-state index is 12.0. The topological polar surface area (TPSA) is 26.3 Å². The second-order valence-corrected chi connectivity index (χ2v) is 4.66. The van der Waals surface area contributed by atoms with E-state index in [0.717, 1.165) is 5.56 Å². The van der Waals surface area contributed by atoms with E-state index >= 15 is 0 Å². The Morgan fingerprint density at radius 1 is 1.00 bits per heavy atom. The fourth-order valence-electron chi connectivity index (χ4n) is 1.84. The summed E-state index contributed by atoms with van der Waals surface area (Å²) in [5.41, 5.74) is 2.27. The number of rotatable bonds is 4. The molecule has 110 valence electrons. The molecule has 0 spiro atoms. The first-order chi connectivity index (χ1) is 9.83. The first-order valence-corrected chi connectivity index (χ1v) is 6.28. The maximum atomic E-state index is 12.0. The van der Waals surface area contributed by atoms with Gasteiger partial charge in [-0.2, -0.15) is 0 Å². The lowest BCUT2D eigenvalue weighted by molar-refractivity contribution is -0.274. The van der Waals surface area contributed by atoms with Gasteiger partial charge in [0.05, 0.1) is 0 Å². The molecular weight excluding hydrogens is 281 g/mol. The van der Waals surface area contributed by atoms with Crippen LogP contribution in [0.2, 0.25) is 0 Å². The van der Waals surface area contributed by atoms with Crippen LogP contribution >= 0.6 is 0 Å². The maximum Gasteiger partial charge on any atom is 0.573 e. The summed E-state index contributed by atoms with van der Waals surface area (Å²) >= 11 is 0. The van der Waals surface area contributed by atoms with Crippen molar-refractivity contribution in [2.45, 2.75) is 19.7 Å². The molecule has 0 fully saturated rings. The molecule has 21 heavy (non-hydrogen) atoms. The summed E-state index contributed by atoms with van der Waals surface area (Å²) in [6, 6.07) is 12.5. The lowest BCUT2D eigenvalue weighted by atomic mass is 10.0. The highest BCUT2D eigenvalue weighted by molar-refractivity contribution is 5.97. The number of carbonyl (C=O) groups is 1. The molecule has 0 aliphatic heterocycles. The van der Waals surface area contributed by atoms with Crippen LogP contribution < -0.4 is 4.74 Å². The van der Waals surface area contributed by atoms with Crippen LogP contribution in [0.15, 0.2) is 48.5 Å². The predicted octanol–water partition coefficient (Wildman–Crippen LogP) is 4.32. The number of ketones is 1. The quantitative estimate of drug-likeness (QED) is 0.785. The molecular formula is C16H13F3O2. The van der Waals surface area contributed by atoms with E-state index in [1.165, 1.54) is 24.3 Å². The van der Waals surface area contributed by atoms with Gasteiger partial charge in [0.15, 0.2) is 5.78 Å². The minimum Gasteiger partial charge on any atom is -0.406 e. The molecule has 2 aromatic rings. The third-order valence-corrected chi connectivity index (χ3v) is 2.90. The Kier molecular flexibility index (Phi) is 4.31. The molecule has 0 aliphatic rings. The van der Waals surface area contributed by atoms with Crippen LogP contribution in [0, 0.1) is 6.92 Å². The molecule has 0 saturated carbocycles. The highest BCUT2D eigenvalue weighted by Gasteiger charge is 2.30. The van der Waals surface area contributed by atoms with Gasteiger partial charge in [-0.15, -0.1) is 13.2 Å². The fraction of sp³-hybridized carbons (Fsp3) is 0.188. The second-order valence-electron chi connectivity index (χ2n) is 4.66. The Hall–Kier alpha value is -2.30. The van der Waals surface area contributed by atoms with Crippen molar-refractivity contribution in [1.29, 1.82) is 0 Å². The van der Waals surface area contributed by atoms with Crippen molar-refractivity contribution in [1.82, 2.24) is 0 Å². The number of carbonyl (C=O) groups excluding carboxylic acids is 1. The third kappa shape index (κ3) is 4.63. The molecule has 0 radical (unpaired) electrons. The van der Waals surface area contributed by atoms with Gasteiger partial charge in [-0.25, -0.2) is 0 Å². The minimum atomic E-state index is -4.71. The van der Waals surface area contributed by atoms with Gasteiger partial charge in [-0.3, -0.25) is 4.79 Å². The van der Waals surface area contributed by atoms with Crippen LogP contribution in [0.25, 0.3) is 0 Å². The van der Waals surface area contributed by atoms with Crippen molar-refractivity contribution in [3.63, 3.8) is 0 Å². The number of ether oxygens (including phenoxy) is 1. The van der Waals surface area contributed by atoms with Crippen molar-refractivity contribution >= 4 is 5.78 Å². The van der Waals surface area contributed by atoms with Gasteiger partial charge < -0.3 is 4.74 Å². The summed E-state index contributed by atoms with van der Waals surface area (Å²) in [5, 5.41) is 0. The second kappa shape index (κ2) is 5.99. The summed E-state index contributed by atoms with van der Waals surface area (Å²) in [6.45, 7) is 1.92. The van der Waals surface area contributed by atoms with Gasteiger partial charge in [-0.1, -0.05) is 42.0 Å². The van der Waals surface area contributed by atoms with E-state index in [1.807, 2.05) is 19.1 Å². The van der Waals surface area contributed by atoms with E-state index < -0.39 is 6.36 Å². The van der Waals surface area contributed by atoms with Gasteiger partial charge in [0, 0.05) is 12.0 Å². The van der Waals surface area contributed by atoms with Crippen molar-refractivity contribution in [2.75, 3.05) is 0 Å². The number of hydrogen-bond donors (Lipinski definition) is 0. The van der Waals surface area contributed by atoms with E-state index in [0.29, 0.717) is 11.1 Å². The molecule has 0 atom stereocenters. The first-order valence-electron chi connectivity index (χ1n) is 6.28. The van der Waals surface area contributed by atoms with Gasteiger partial charge in [0.1, 0.15) is 5.75 Å². The van der Waals surface area contributed by atoms with Crippen LogP contribution in [0.1, 0.15) is 21.5 Å². The molecule has 0 unspecified atom stereocenters. The number of aryl methyl sites for hydroxylation is 1. The summed E-state index contributed by atoms with van der Waals surface area (Å²) in [4.78, 5) is 12.0. The van der Waals surface area contributed by atoms with Crippen LogP contribution in [0.5, 0.6) is 5.75 Å². The highest BCUT2D eigenvalue weighted by Crippen LogP contribution is 2.23. The Bertz CT molecular complexity index is 613. The van der Waals surface area contributed by atoms with Crippen molar-refractivity contribution in [2.24, 2.45) is 0 Å². The molecule has 2 rings (SSSR count). The summed E-state index contributed by atoms with van der Waals surface area (Å²) < 4.78 is 39.9. The fourth-order valence-corrected chi connectivity index (χ4v) is 1.84. The SMILES string of the molecule is Cc1ccc(C(=O)Cc2ccc(OC(F)(F)F)cc2)cc1. The monoisotopic (exact) mass is 294 g/mol. The molecule has 5 heteroatoms. The molecule has 2 nitrogen and oxygen atoms in total. The molecule has 0 aromatic heterocycles. The zero-order valence-electron chi connectivity index (χ0n) is 11.3. The van der Waals surface area contributed by atoms with Gasteiger partial charge in [0.25, 0.3) is 0 Å². The summed E-state index contributed by atoms with van der Waals surface area (Å²) in [5.74, 6) is -0.381. The Morgan fingerprint density at radius 2 is 1.57 bits per heavy atom. The van der Waals surface area contributed by atoms with Crippen LogP contribution in [0.4, 0.5) is 13.2 Å². The zero-order chi connectivity index (χ0) is 15.5.